The highest BCUT2D eigenvalue weighted by atomic mass is 19.1. The van der Waals surface area contributed by atoms with Crippen molar-refractivity contribution in [2.75, 3.05) is 6.67 Å². The van der Waals surface area contributed by atoms with Crippen molar-refractivity contribution in [3.8, 4) is 0 Å². The molecule has 0 amide bonds. The summed E-state index contributed by atoms with van der Waals surface area (Å²) in [4.78, 5) is 11.3. The number of halogens is 1. The van der Waals surface area contributed by atoms with Crippen LogP contribution in [0.1, 0.15) is 24.0 Å². The topological polar surface area (TPSA) is 37.3 Å². The Balaban J connectivity index is 2.49. The zero-order chi connectivity index (χ0) is 10.9. The fraction of sp³-hybridized carbons (Fsp3) is 0.417. The van der Waals surface area contributed by atoms with Gasteiger partial charge in [0.15, 0.2) is 0 Å². The van der Waals surface area contributed by atoms with Crippen molar-refractivity contribution in [1.82, 2.24) is 0 Å². The number of aryl methyl sites for hydroxylation is 1. The van der Waals surface area contributed by atoms with E-state index in [1.807, 2.05) is 24.3 Å². The van der Waals surface area contributed by atoms with E-state index in [4.69, 9.17) is 0 Å². The van der Waals surface area contributed by atoms with Gasteiger partial charge >= 0.3 is 5.97 Å². The van der Waals surface area contributed by atoms with E-state index in [-0.39, 0.29) is 6.42 Å². The Hall–Kier alpha value is -1.38. The molecular weight excluding hydrogens is 195 g/mol. The van der Waals surface area contributed by atoms with Crippen LogP contribution < -0.4 is 0 Å². The number of carbonyl (C=O) groups is 1. The zero-order valence-electron chi connectivity index (χ0n) is 8.37. The summed E-state index contributed by atoms with van der Waals surface area (Å²) in [5.74, 6) is -0.898. The van der Waals surface area contributed by atoms with Gasteiger partial charge in [0, 0.05) is 0 Å². The molecule has 0 radical (unpaired) electrons. The summed E-state index contributed by atoms with van der Waals surface area (Å²) >= 11 is 0. The SMILES string of the molecule is O=C(O)C1(CCF)CCc2ccccc21. The van der Waals surface area contributed by atoms with E-state index in [2.05, 4.69) is 0 Å². The summed E-state index contributed by atoms with van der Waals surface area (Å²) < 4.78 is 12.5. The molecular formula is C12H13FO2. The quantitative estimate of drug-likeness (QED) is 0.827. The fourth-order valence-electron chi connectivity index (χ4n) is 2.44. The lowest BCUT2D eigenvalue weighted by molar-refractivity contribution is -0.144. The zero-order valence-corrected chi connectivity index (χ0v) is 8.37. The number of carboxylic acids is 1. The van der Waals surface area contributed by atoms with Crippen LogP contribution in [0.5, 0.6) is 0 Å². The minimum absolute atomic E-state index is 0.0827. The summed E-state index contributed by atoms with van der Waals surface area (Å²) in [6.07, 6.45) is 1.34. The summed E-state index contributed by atoms with van der Waals surface area (Å²) in [5, 5.41) is 9.27. The second-order valence-corrected chi connectivity index (χ2v) is 3.98. The predicted octanol–water partition coefficient (Wildman–Crippen LogP) is 2.31. The molecule has 0 saturated carbocycles. The number of hydrogen-bond donors (Lipinski definition) is 1. The Morgan fingerprint density at radius 3 is 2.87 bits per heavy atom. The molecule has 0 aliphatic heterocycles. The molecule has 0 heterocycles. The Morgan fingerprint density at radius 2 is 2.20 bits per heavy atom. The molecule has 0 aromatic heterocycles. The van der Waals surface area contributed by atoms with E-state index in [1.165, 1.54) is 0 Å². The minimum atomic E-state index is -0.981. The van der Waals surface area contributed by atoms with E-state index in [9.17, 15) is 14.3 Å². The molecule has 1 aliphatic carbocycles. The van der Waals surface area contributed by atoms with Crippen molar-refractivity contribution >= 4 is 5.97 Å². The molecule has 1 unspecified atom stereocenters. The summed E-state index contributed by atoms with van der Waals surface area (Å²) in [6, 6.07) is 7.46. The molecule has 1 aromatic carbocycles. The number of rotatable bonds is 3. The van der Waals surface area contributed by atoms with Crippen LogP contribution >= 0.6 is 0 Å². The average Bonchev–Trinajstić information content (AvgIpc) is 2.60. The van der Waals surface area contributed by atoms with Gasteiger partial charge in [-0.15, -0.1) is 0 Å². The van der Waals surface area contributed by atoms with Gasteiger partial charge in [0.25, 0.3) is 0 Å². The lowest BCUT2D eigenvalue weighted by Crippen LogP contribution is -2.34. The van der Waals surface area contributed by atoms with Crippen LogP contribution in [0.25, 0.3) is 0 Å². The molecule has 2 rings (SSSR count). The maximum Gasteiger partial charge on any atom is 0.314 e. The molecule has 1 N–H and O–H groups in total. The summed E-state index contributed by atoms with van der Waals surface area (Å²) in [5.41, 5.74) is 0.870. The smallest absolute Gasteiger partial charge is 0.314 e. The molecule has 0 bridgehead atoms. The number of carboxylic acid groups (broad SMARTS) is 1. The van der Waals surface area contributed by atoms with Gasteiger partial charge in [-0.3, -0.25) is 9.18 Å². The van der Waals surface area contributed by atoms with Gasteiger partial charge in [-0.1, -0.05) is 24.3 Å². The number of benzene rings is 1. The molecule has 2 nitrogen and oxygen atoms in total. The van der Waals surface area contributed by atoms with Gasteiger partial charge in [0.1, 0.15) is 0 Å². The van der Waals surface area contributed by atoms with Crippen LogP contribution in [0.15, 0.2) is 24.3 Å². The Kier molecular flexibility index (Phi) is 2.47. The van der Waals surface area contributed by atoms with Crippen LogP contribution in [0.2, 0.25) is 0 Å². The van der Waals surface area contributed by atoms with Crippen LogP contribution in [-0.2, 0) is 16.6 Å². The Labute approximate surface area is 87.7 Å². The highest BCUT2D eigenvalue weighted by Crippen LogP contribution is 2.41. The standard InChI is InChI=1S/C12H13FO2/c13-8-7-12(11(14)15)6-5-9-3-1-2-4-10(9)12/h1-4H,5-8H2,(H,14,15). The van der Waals surface area contributed by atoms with Crippen LogP contribution in [0.3, 0.4) is 0 Å². The fourth-order valence-corrected chi connectivity index (χ4v) is 2.44. The van der Waals surface area contributed by atoms with Crippen molar-refractivity contribution < 1.29 is 14.3 Å². The van der Waals surface area contributed by atoms with Gasteiger partial charge in [0.2, 0.25) is 0 Å². The van der Waals surface area contributed by atoms with Crippen LogP contribution in [-0.4, -0.2) is 17.8 Å². The molecule has 0 fully saturated rings. The van der Waals surface area contributed by atoms with Crippen molar-refractivity contribution in [1.29, 1.82) is 0 Å². The number of fused-ring (bicyclic) bond motifs is 1. The molecule has 0 saturated heterocycles. The second-order valence-electron chi connectivity index (χ2n) is 3.98. The highest BCUT2D eigenvalue weighted by Gasteiger charge is 2.44. The third-order valence-electron chi connectivity index (χ3n) is 3.28. The van der Waals surface area contributed by atoms with Crippen molar-refractivity contribution in [3.05, 3.63) is 35.4 Å². The third-order valence-corrected chi connectivity index (χ3v) is 3.28. The first-order valence-electron chi connectivity index (χ1n) is 5.08. The number of hydrogen-bond acceptors (Lipinski definition) is 1. The van der Waals surface area contributed by atoms with Crippen molar-refractivity contribution in [2.24, 2.45) is 0 Å². The molecule has 1 aromatic rings. The van der Waals surface area contributed by atoms with E-state index >= 15 is 0 Å². The monoisotopic (exact) mass is 208 g/mol. The maximum atomic E-state index is 12.5. The normalized spacial score (nSPS) is 23.8. The highest BCUT2D eigenvalue weighted by molar-refractivity contribution is 5.83. The first-order chi connectivity index (χ1) is 7.20. The predicted molar refractivity (Wildman–Crippen MR) is 54.7 cm³/mol. The second kappa shape index (κ2) is 3.65. The first-order valence-corrected chi connectivity index (χ1v) is 5.08. The van der Waals surface area contributed by atoms with E-state index in [0.717, 1.165) is 17.5 Å². The van der Waals surface area contributed by atoms with Crippen molar-refractivity contribution in [3.63, 3.8) is 0 Å². The van der Waals surface area contributed by atoms with Crippen LogP contribution in [0, 0.1) is 0 Å². The van der Waals surface area contributed by atoms with Gasteiger partial charge in [-0.2, -0.15) is 0 Å². The first kappa shape index (κ1) is 10.1. The van der Waals surface area contributed by atoms with Crippen molar-refractivity contribution in [2.45, 2.75) is 24.7 Å². The minimum Gasteiger partial charge on any atom is -0.481 e. The number of aliphatic carboxylic acids is 1. The number of alkyl halides is 1. The van der Waals surface area contributed by atoms with Gasteiger partial charge in [0.05, 0.1) is 12.1 Å². The summed E-state index contributed by atoms with van der Waals surface area (Å²) in [7, 11) is 0. The van der Waals surface area contributed by atoms with E-state index < -0.39 is 18.1 Å². The Bertz CT molecular complexity index is 385. The van der Waals surface area contributed by atoms with Crippen LogP contribution in [0.4, 0.5) is 4.39 Å². The third kappa shape index (κ3) is 1.42. The molecule has 1 aliphatic rings. The van der Waals surface area contributed by atoms with Gasteiger partial charge in [-0.05, 0) is 30.4 Å². The molecule has 1 atom stereocenters. The summed E-state index contributed by atoms with van der Waals surface area (Å²) in [6.45, 7) is -0.583. The Morgan fingerprint density at radius 1 is 1.47 bits per heavy atom. The van der Waals surface area contributed by atoms with Gasteiger partial charge < -0.3 is 5.11 Å². The lowest BCUT2D eigenvalue weighted by Gasteiger charge is -2.23. The van der Waals surface area contributed by atoms with E-state index in [0.29, 0.717) is 6.42 Å². The molecule has 80 valence electrons. The molecule has 3 heteroatoms. The lowest BCUT2D eigenvalue weighted by atomic mass is 9.79. The van der Waals surface area contributed by atoms with E-state index in [1.54, 1.807) is 0 Å². The van der Waals surface area contributed by atoms with Gasteiger partial charge in [-0.25, -0.2) is 0 Å². The maximum absolute atomic E-state index is 12.5. The largest absolute Gasteiger partial charge is 0.481 e. The average molecular weight is 208 g/mol. The molecule has 15 heavy (non-hydrogen) atoms. The molecule has 0 spiro atoms.